The molecular weight excluding hydrogens is 232 g/mol. The summed E-state index contributed by atoms with van der Waals surface area (Å²) in [5.41, 5.74) is 0. The predicted octanol–water partition coefficient (Wildman–Crippen LogP) is -0.288. The zero-order chi connectivity index (χ0) is 13.4. The van der Waals surface area contributed by atoms with E-state index in [4.69, 9.17) is 20.5 Å². The minimum atomic E-state index is -0.371. The molecule has 1 saturated heterocycles. The van der Waals surface area contributed by atoms with E-state index in [2.05, 4.69) is 18.2 Å². The predicted molar refractivity (Wildman–Crippen MR) is 62.1 cm³/mol. The summed E-state index contributed by atoms with van der Waals surface area (Å²) in [6.07, 6.45) is -0.371. The zero-order valence-electron chi connectivity index (χ0n) is 10.4. The van der Waals surface area contributed by atoms with Gasteiger partial charge in [0.15, 0.2) is 6.35 Å². The van der Waals surface area contributed by atoms with Gasteiger partial charge in [0.1, 0.15) is 0 Å². The fourth-order valence-corrected chi connectivity index (χ4v) is 1.93. The molecule has 0 aromatic carbocycles. The summed E-state index contributed by atoms with van der Waals surface area (Å²) in [4.78, 5) is 5.48. The molecule has 0 bridgehead atoms. The van der Waals surface area contributed by atoms with Crippen LogP contribution in [0, 0.1) is 34.0 Å². The molecule has 0 aromatic heterocycles. The van der Waals surface area contributed by atoms with Crippen LogP contribution >= 0.6 is 0 Å². The van der Waals surface area contributed by atoms with Crippen LogP contribution in [-0.2, 0) is 4.74 Å². The van der Waals surface area contributed by atoms with Gasteiger partial charge in [-0.15, -0.1) is 0 Å². The Balaban J connectivity index is 2.80. The monoisotopic (exact) mass is 248 g/mol. The molecule has 0 aromatic rings. The Morgan fingerprint density at radius 3 is 1.89 bits per heavy atom. The van der Waals surface area contributed by atoms with E-state index in [9.17, 15) is 0 Å². The molecule has 1 rings (SSSR count). The van der Waals surface area contributed by atoms with Crippen molar-refractivity contribution in [3.63, 3.8) is 0 Å². The number of rotatable bonds is 5. The van der Waals surface area contributed by atoms with Crippen molar-refractivity contribution in [1.82, 2.24) is 14.7 Å². The van der Waals surface area contributed by atoms with Gasteiger partial charge in [0, 0.05) is 6.61 Å². The van der Waals surface area contributed by atoms with Gasteiger partial charge in [-0.2, -0.15) is 15.8 Å². The third kappa shape index (κ3) is 3.66. The lowest BCUT2D eigenvalue weighted by atomic mass is 10.4. The molecule has 0 atom stereocenters. The van der Waals surface area contributed by atoms with E-state index < -0.39 is 0 Å². The first-order chi connectivity index (χ1) is 8.76. The molecule has 0 amide bonds. The molecule has 0 saturated carbocycles. The summed E-state index contributed by atoms with van der Waals surface area (Å²) in [5.74, 6) is 0. The normalized spacial score (nSPS) is 19.0. The molecule has 96 valence electrons. The van der Waals surface area contributed by atoms with Crippen LogP contribution in [0.25, 0.3) is 0 Å². The van der Waals surface area contributed by atoms with Crippen LogP contribution in [0.15, 0.2) is 0 Å². The maximum absolute atomic E-state index is 8.82. The van der Waals surface area contributed by atoms with Crippen molar-refractivity contribution in [2.75, 3.05) is 39.6 Å². The lowest BCUT2D eigenvalue weighted by Crippen LogP contribution is -2.62. The number of hydrogen-bond acceptors (Lipinski definition) is 7. The molecule has 0 N–H and O–H groups in total. The highest BCUT2D eigenvalue weighted by molar-refractivity contribution is 4.88. The van der Waals surface area contributed by atoms with Gasteiger partial charge in [-0.25, -0.2) is 9.80 Å². The summed E-state index contributed by atoms with van der Waals surface area (Å²) in [6.45, 7) is 4.04. The highest BCUT2D eigenvalue weighted by Gasteiger charge is 2.33. The molecule has 0 unspecified atom stereocenters. The summed E-state index contributed by atoms with van der Waals surface area (Å²) in [6, 6.07) is 6.23. The van der Waals surface area contributed by atoms with Crippen molar-refractivity contribution >= 4 is 0 Å². The maximum atomic E-state index is 8.82. The van der Waals surface area contributed by atoms with E-state index in [-0.39, 0.29) is 26.0 Å². The SMILES string of the molecule is CCOC1N(CC#N)CN(CC#N)CN1CC#N. The van der Waals surface area contributed by atoms with E-state index in [1.807, 2.05) is 21.6 Å². The second-order valence-electron chi connectivity index (χ2n) is 3.86. The molecule has 1 heterocycles. The minimum Gasteiger partial charge on any atom is -0.350 e. The van der Waals surface area contributed by atoms with Crippen LogP contribution in [0.4, 0.5) is 0 Å². The van der Waals surface area contributed by atoms with E-state index in [1.165, 1.54) is 0 Å². The molecule has 1 aliphatic heterocycles. The fourth-order valence-electron chi connectivity index (χ4n) is 1.93. The van der Waals surface area contributed by atoms with Gasteiger partial charge in [-0.3, -0.25) is 4.90 Å². The van der Waals surface area contributed by atoms with Crippen LogP contribution in [0.3, 0.4) is 0 Å². The molecule has 7 heteroatoms. The quantitative estimate of drug-likeness (QED) is 0.617. The van der Waals surface area contributed by atoms with Crippen molar-refractivity contribution in [3.05, 3.63) is 0 Å². The van der Waals surface area contributed by atoms with Crippen LogP contribution in [0.1, 0.15) is 6.92 Å². The highest BCUT2D eigenvalue weighted by Crippen LogP contribution is 2.15. The average molecular weight is 248 g/mol. The third-order valence-corrected chi connectivity index (χ3v) is 2.55. The average Bonchev–Trinajstić information content (AvgIpc) is 2.34. The van der Waals surface area contributed by atoms with Gasteiger partial charge in [0.2, 0.25) is 0 Å². The first kappa shape index (κ1) is 14.4. The highest BCUT2D eigenvalue weighted by atomic mass is 16.5. The maximum Gasteiger partial charge on any atom is 0.172 e. The van der Waals surface area contributed by atoms with Gasteiger partial charge >= 0.3 is 0 Å². The van der Waals surface area contributed by atoms with Crippen molar-refractivity contribution < 1.29 is 4.74 Å². The third-order valence-electron chi connectivity index (χ3n) is 2.55. The first-order valence-electron chi connectivity index (χ1n) is 5.69. The van der Waals surface area contributed by atoms with E-state index >= 15 is 0 Å². The topological polar surface area (TPSA) is 90.3 Å². The summed E-state index contributed by atoms with van der Waals surface area (Å²) < 4.78 is 5.58. The number of ether oxygens (including phenoxy) is 1. The standard InChI is InChI=1S/C11H16N6O/c1-2-18-11-16(7-4-13)9-15(6-3-12)10-17(11)8-5-14/h11H,2,6-10H2,1H3. The van der Waals surface area contributed by atoms with Crippen molar-refractivity contribution in [1.29, 1.82) is 15.8 Å². The molecule has 18 heavy (non-hydrogen) atoms. The fraction of sp³-hybridized carbons (Fsp3) is 0.727. The second-order valence-corrected chi connectivity index (χ2v) is 3.86. The van der Waals surface area contributed by atoms with Crippen LogP contribution in [-0.4, -0.2) is 60.6 Å². The van der Waals surface area contributed by atoms with E-state index in [0.717, 1.165) is 0 Å². The Bertz CT molecular complexity index is 352. The molecule has 0 aliphatic carbocycles. The molecule has 0 spiro atoms. The summed E-state index contributed by atoms with van der Waals surface area (Å²) >= 11 is 0. The van der Waals surface area contributed by atoms with Gasteiger partial charge in [0.05, 0.1) is 51.2 Å². The molecular formula is C11H16N6O. The zero-order valence-corrected chi connectivity index (χ0v) is 10.4. The largest absolute Gasteiger partial charge is 0.350 e. The van der Waals surface area contributed by atoms with Gasteiger partial charge in [-0.05, 0) is 6.92 Å². The minimum absolute atomic E-state index is 0.203. The molecule has 1 aliphatic rings. The number of nitriles is 3. The van der Waals surface area contributed by atoms with Crippen molar-refractivity contribution in [2.45, 2.75) is 13.3 Å². The summed E-state index contributed by atoms with van der Waals surface area (Å²) in [5, 5.41) is 26.4. The lowest BCUT2D eigenvalue weighted by molar-refractivity contribution is -0.199. The number of hydrogen-bond donors (Lipinski definition) is 0. The van der Waals surface area contributed by atoms with E-state index in [1.54, 1.807) is 0 Å². The van der Waals surface area contributed by atoms with Crippen molar-refractivity contribution in [2.24, 2.45) is 0 Å². The Kier molecular flexibility index (Phi) is 6.07. The second kappa shape index (κ2) is 7.60. The number of nitrogens with zero attached hydrogens (tertiary/aromatic N) is 6. The Morgan fingerprint density at radius 1 is 1.00 bits per heavy atom. The smallest absolute Gasteiger partial charge is 0.172 e. The molecule has 7 nitrogen and oxygen atoms in total. The van der Waals surface area contributed by atoms with Crippen molar-refractivity contribution in [3.8, 4) is 18.2 Å². The van der Waals surface area contributed by atoms with Gasteiger partial charge in [-0.1, -0.05) is 0 Å². The van der Waals surface area contributed by atoms with E-state index in [0.29, 0.717) is 19.9 Å². The Morgan fingerprint density at radius 2 is 1.50 bits per heavy atom. The molecule has 0 radical (unpaired) electrons. The summed E-state index contributed by atoms with van der Waals surface area (Å²) in [7, 11) is 0. The molecule has 1 fully saturated rings. The van der Waals surface area contributed by atoms with Crippen LogP contribution < -0.4 is 0 Å². The van der Waals surface area contributed by atoms with Crippen LogP contribution in [0.5, 0.6) is 0 Å². The Hall–Kier alpha value is -1.69. The first-order valence-corrected chi connectivity index (χ1v) is 5.69. The lowest BCUT2D eigenvalue weighted by Gasteiger charge is -2.45. The van der Waals surface area contributed by atoms with Crippen LogP contribution in [0.2, 0.25) is 0 Å². The Labute approximate surface area is 107 Å². The van der Waals surface area contributed by atoms with Gasteiger partial charge in [0.25, 0.3) is 0 Å². The van der Waals surface area contributed by atoms with Gasteiger partial charge < -0.3 is 4.74 Å².